The molecule has 0 N–H and O–H groups in total. The molecule has 2 bridgehead atoms. The number of hydrogen-bond donors (Lipinski definition) is 0. The van der Waals surface area contributed by atoms with Crippen LogP contribution in [0.15, 0.2) is 83.2 Å². The van der Waals surface area contributed by atoms with E-state index >= 15 is 0 Å². The van der Waals surface area contributed by atoms with Crippen LogP contribution in [0.4, 0.5) is 0 Å². The molecule has 3 aliphatic heterocycles. The van der Waals surface area contributed by atoms with E-state index in [1.54, 1.807) is 5.57 Å². The molecule has 141 valence electrons. The Labute approximate surface area is 172 Å². The molecule has 1 unspecified atom stereocenters. The van der Waals surface area contributed by atoms with Gasteiger partial charge in [-0.3, -0.25) is 0 Å². The summed E-state index contributed by atoms with van der Waals surface area (Å²) < 4.78 is 14.6. The van der Waals surface area contributed by atoms with Gasteiger partial charge in [-0.15, -0.1) is 0 Å². The summed E-state index contributed by atoms with van der Waals surface area (Å²) in [5, 5.41) is 2.51. The maximum atomic E-state index is 14.6. The van der Waals surface area contributed by atoms with Crippen LogP contribution in [-0.2, 0) is 4.57 Å². The van der Waals surface area contributed by atoms with Gasteiger partial charge in [-0.1, -0.05) is 92.2 Å². The molecule has 1 saturated heterocycles. The maximum absolute atomic E-state index is 14.6. The third kappa shape index (κ3) is 2.29. The Kier molecular flexibility index (Phi) is 4.69. The second kappa shape index (κ2) is 6.58. The van der Waals surface area contributed by atoms with E-state index in [0.717, 1.165) is 5.30 Å². The van der Waals surface area contributed by atoms with Crippen molar-refractivity contribution in [3.8, 4) is 0 Å². The molecule has 0 amide bonds. The van der Waals surface area contributed by atoms with E-state index in [1.165, 1.54) is 16.5 Å². The number of benzene rings is 2. The van der Waals surface area contributed by atoms with Gasteiger partial charge in [0.2, 0.25) is 0 Å². The van der Waals surface area contributed by atoms with E-state index in [9.17, 15) is 4.57 Å². The topological polar surface area (TPSA) is 17.1 Å². The minimum absolute atomic E-state index is 0. The standard InChI is InChI=1S/C24H26OP2.B/c1-16-15-27(25,20-13-9-6-10-14-20)23-21-17(2)18(3)22(24(16,23)4)26(21)19-11-7-5-8-12-19;/h5-15,21-23H,1-4H3;/t21-,22+,23+,24-,26-,27?;/m0./s1. The zero-order chi connectivity index (χ0) is 19.0. The fraction of sp³-hybridized carbons (Fsp3) is 0.333. The number of rotatable bonds is 2. The summed E-state index contributed by atoms with van der Waals surface area (Å²) in [4.78, 5) is 0. The Morgan fingerprint density at radius 1 is 0.893 bits per heavy atom. The van der Waals surface area contributed by atoms with Crippen molar-refractivity contribution in [1.82, 2.24) is 0 Å². The van der Waals surface area contributed by atoms with Crippen LogP contribution in [0.2, 0.25) is 0 Å². The van der Waals surface area contributed by atoms with E-state index in [-0.39, 0.29) is 27.4 Å². The fourth-order valence-corrected chi connectivity index (χ4v) is 15.3. The van der Waals surface area contributed by atoms with Crippen LogP contribution < -0.4 is 10.6 Å². The Bertz CT molecular complexity index is 1030. The van der Waals surface area contributed by atoms with E-state index in [1.807, 2.05) is 18.2 Å². The minimum Gasteiger partial charge on any atom is -0.314 e. The van der Waals surface area contributed by atoms with Gasteiger partial charge in [-0.05, 0) is 31.9 Å². The molecule has 2 aromatic carbocycles. The zero-order valence-corrected chi connectivity index (χ0v) is 18.8. The van der Waals surface area contributed by atoms with Crippen molar-refractivity contribution < 1.29 is 4.57 Å². The molecule has 6 atom stereocenters. The summed E-state index contributed by atoms with van der Waals surface area (Å²) in [6.45, 7) is 9.28. The van der Waals surface area contributed by atoms with Gasteiger partial charge >= 0.3 is 0 Å². The van der Waals surface area contributed by atoms with Gasteiger partial charge in [0.25, 0.3) is 0 Å². The molecule has 5 rings (SSSR count). The Morgan fingerprint density at radius 3 is 2.07 bits per heavy atom. The van der Waals surface area contributed by atoms with Crippen LogP contribution in [0.25, 0.3) is 0 Å². The first-order valence-corrected chi connectivity index (χ1v) is 13.1. The van der Waals surface area contributed by atoms with Crippen molar-refractivity contribution >= 4 is 34.1 Å². The fourth-order valence-electron chi connectivity index (χ4n) is 6.01. The lowest BCUT2D eigenvalue weighted by Crippen LogP contribution is -2.41. The highest BCUT2D eigenvalue weighted by atomic mass is 31.2. The van der Waals surface area contributed by atoms with E-state index in [4.69, 9.17) is 0 Å². The van der Waals surface area contributed by atoms with E-state index < -0.39 is 7.14 Å². The van der Waals surface area contributed by atoms with E-state index in [2.05, 4.69) is 76.0 Å². The summed E-state index contributed by atoms with van der Waals surface area (Å²) in [7, 11) is -2.97. The Balaban J connectivity index is 0.00000192. The lowest BCUT2D eigenvalue weighted by atomic mass is 9.69. The van der Waals surface area contributed by atoms with Gasteiger partial charge in [0.05, 0.1) is 0 Å². The first kappa shape index (κ1) is 19.9. The highest BCUT2D eigenvalue weighted by molar-refractivity contribution is 7.78. The van der Waals surface area contributed by atoms with Gasteiger partial charge in [0, 0.05) is 36.1 Å². The lowest BCUT2D eigenvalue weighted by Gasteiger charge is -2.40. The van der Waals surface area contributed by atoms with Crippen LogP contribution in [0.1, 0.15) is 27.7 Å². The summed E-state index contributed by atoms with van der Waals surface area (Å²) in [5.74, 6) is 2.18. The van der Waals surface area contributed by atoms with Crippen LogP contribution in [0, 0.1) is 5.41 Å². The van der Waals surface area contributed by atoms with Crippen molar-refractivity contribution in [2.75, 3.05) is 0 Å². The minimum atomic E-state index is -2.59. The molecule has 1 fully saturated rings. The van der Waals surface area contributed by atoms with Crippen molar-refractivity contribution in [1.29, 1.82) is 0 Å². The molecule has 0 spiro atoms. The molecule has 3 aliphatic rings. The molecule has 3 heterocycles. The van der Waals surface area contributed by atoms with Crippen LogP contribution in [0.5, 0.6) is 0 Å². The molecular formula is C24H26BOP2. The van der Waals surface area contributed by atoms with Gasteiger partial charge in [-0.25, -0.2) is 0 Å². The number of fused-ring (bicyclic) bond motifs is 5. The van der Waals surface area contributed by atoms with Crippen molar-refractivity contribution in [3.05, 3.63) is 83.2 Å². The molecule has 0 aliphatic carbocycles. The van der Waals surface area contributed by atoms with Crippen molar-refractivity contribution in [2.45, 2.75) is 44.7 Å². The molecule has 3 radical (unpaired) electrons. The molecule has 2 aromatic rings. The second-order valence-electron chi connectivity index (χ2n) is 8.54. The molecule has 0 aromatic heterocycles. The summed E-state index contributed by atoms with van der Waals surface area (Å²) in [6, 6.07) is 21.3. The summed E-state index contributed by atoms with van der Waals surface area (Å²) >= 11 is 0. The predicted molar refractivity (Wildman–Crippen MR) is 124 cm³/mol. The third-order valence-electron chi connectivity index (χ3n) is 7.40. The largest absolute Gasteiger partial charge is 0.314 e. The van der Waals surface area contributed by atoms with Crippen LogP contribution in [-0.4, -0.2) is 25.4 Å². The molecule has 28 heavy (non-hydrogen) atoms. The molecule has 0 saturated carbocycles. The first-order chi connectivity index (χ1) is 12.9. The molecule has 1 nitrogen and oxygen atoms in total. The average molecular weight is 403 g/mol. The van der Waals surface area contributed by atoms with Crippen molar-refractivity contribution in [3.63, 3.8) is 0 Å². The number of allylic oxidation sites excluding steroid dienone is 3. The van der Waals surface area contributed by atoms with Gasteiger partial charge in [-0.2, -0.15) is 0 Å². The quantitative estimate of drug-likeness (QED) is 0.368. The third-order valence-corrected chi connectivity index (χ3v) is 14.8. The molecule has 4 heteroatoms. The highest BCUT2D eigenvalue weighted by Crippen LogP contribution is 2.83. The second-order valence-corrected chi connectivity index (χ2v) is 13.7. The maximum Gasteiger partial charge on any atom is 0.141 e. The highest BCUT2D eigenvalue weighted by Gasteiger charge is 2.70. The van der Waals surface area contributed by atoms with E-state index in [0.29, 0.717) is 11.3 Å². The van der Waals surface area contributed by atoms with Crippen LogP contribution in [0.3, 0.4) is 0 Å². The van der Waals surface area contributed by atoms with Crippen molar-refractivity contribution in [2.24, 2.45) is 5.41 Å². The normalized spacial score (nSPS) is 38.2. The van der Waals surface area contributed by atoms with Gasteiger partial charge < -0.3 is 4.57 Å². The zero-order valence-electron chi connectivity index (χ0n) is 17.0. The van der Waals surface area contributed by atoms with Gasteiger partial charge in [0.1, 0.15) is 7.14 Å². The summed E-state index contributed by atoms with van der Waals surface area (Å²) in [5.41, 5.74) is 5.59. The first-order valence-electron chi connectivity index (χ1n) is 9.76. The van der Waals surface area contributed by atoms with Gasteiger partial charge in [0.15, 0.2) is 0 Å². The van der Waals surface area contributed by atoms with Crippen LogP contribution >= 0.6 is 15.1 Å². The Hall–Kier alpha value is -1.36. The SMILES string of the molecule is CC1=CP(=O)(c2ccccc2)[C@@H]2[C@@H]3C(C)=C(C)[C@@H]([P@@]3c3ccccc3)[C@]12C.[B]. The Morgan fingerprint density at radius 2 is 1.46 bits per heavy atom. The number of hydrogen-bond acceptors (Lipinski definition) is 1. The summed E-state index contributed by atoms with van der Waals surface area (Å²) in [6.07, 6.45) is 0. The predicted octanol–water partition coefficient (Wildman–Crippen LogP) is 5.49. The smallest absolute Gasteiger partial charge is 0.141 e. The average Bonchev–Trinajstić information content (AvgIpc) is 3.19. The lowest BCUT2D eigenvalue weighted by molar-refractivity contribution is 0.392. The molecular weight excluding hydrogens is 377 g/mol. The monoisotopic (exact) mass is 403 g/mol.